The molecule has 0 aliphatic carbocycles. The van der Waals surface area contributed by atoms with E-state index >= 15 is 0 Å². The quantitative estimate of drug-likeness (QED) is 0.131. The van der Waals surface area contributed by atoms with Gasteiger partial charge in [0.05, 0.1) is 21.2 Å². The van der Waals surface area contributed by atoms with Gasteiger partial charge in [-0.2, -0.15) is 16.8 Å². The van der Waals surface area contributed by atoms with Gasteiger partial charge < -0.3 is 10.0 Å². The number of allylic oxidation sites excluding steroid dienone is 8. The summed E-state index contributed by atoms with van der Waals surface area (Å²) in [5.74, 6) is -0.826. The third kappa shape index (κ3) is 7.52. The molecule has 2 aromatic carbocycles. The Morgan fingerprint density at radius 1 is 0.800 bits per heavy atom. The zero-order valence-electron chi connectivity index (χ0n) is 25.6. The van der Waals surface area contributed by atoms with Crippen molar-refractivity contribution >= 4 is 43.3 Å². The average molecular weight is 655 g/mol. The molecule has 0 radical (unpaired) electrons. The predicted molar refractivity (Wildman–Crippen MR) is 175 cm³/mol. The van der Waals surface area contributed by atoms with Gasteiger partial charge in [0.2, 0.25) is 0 Å². The molecule has 240 valence electrons. The number of carbonyl (C=O) groups is 1. The number of benzene rings is 2. The van der Waals surface area contributed by atoms with E-state index in [1.54, 1.807) is 12.1 Å². The third-order valence-electron chi connectivity index (χ3n) is 8.21. The minimum absolute atomic E-state index is 0.110. The molecular weight excluding hydrogens is 617 g/mol. The van der Waals surface area contributed by atoms with E-state index in [9.17, 15) is 30.7 Å². The van der Waals surface area contributed by atoms with Crippen LogP contribution in [0.15, 0.2) is 99.4 Å². The first kappa shape index (κ1) is 34.0. The number of unbranched alkanes of at least 4 members (excludes halogenated alkanes) is 2. The van der Waals surface area contributed by atoms with Gasteiger partial charge in [0.25, 0.3) is 20.2 Å². The lowest BCUT2D eigenvalue weighted by Gasteiger charge is -2.27. The Labute approximate surface area is 264 Å². The second-order valence-electron chi connectivity index (χ2n) is 12.1. The van der Waals surface area contributed by atoms with Crippen molar-refractivity contribution in [1.82, 2.24) is 0 Å². The summed E-state index contributed by atoms with van der Waals surface area (Å²) in [7, 11) is -8.70. The van der Waals surface area contributed by atoms with E-state index in [1.807, 2.05) is 70.2 Å². The first-order chi connectivity index (χ1) is 20.9. The van der Waals surface area contributed by atoms with Crippen molar-refractivity contribution in [2.45, 2.75) is 74.0 Å². The molecule has 0 atom stereocenters. The fourth-order valence-corrected chi connectivity index (χ4v) is 6.71. The fraction of sp³-hybridized carbons (Fsp3) is 0.333. The molecule has 0 bridgehead atoms. The normalized spacial score (nSPS) is 18.3. The number of aliphatic imine (C=N–C) groups is 1. The Hall–Kier alpha value is -3.84. The van der Waals surface area contributed by atoms with Gasteiger partial charge in [-0.1, -0.05) is 64.5 Å². The topological polar surface area (TPSA) is 162 Å². The second-order valence-corrected chi connectivity index (χ2v) is 14.9. The van der Waals surface area contributed by atoms with E-state index < -0.39 is 37.0 Å². The van der Waals surface area contributed by atoms with Crippen molar-refractivity contribution in [3.8, 4) is 0 Å². The molecule has 0 saturated carbocycles. The molecule has 3 N–H and O–H groups in total. The Morgan fingerprint density at radius 2 is 1.40 bits per heavy atom. The third-order valence-corrected chi connectivity index (χ3v) is 9.91. The van der Waals surface area contributed by atoms with E-state index in [1.165, 1.54) is 24.3 Å². The maximum Gasteiger partial charge on any atom is 0.303 e. The average Bonchev–Trinajstić information content (AvgIpc) is 3.31. The SMILES string of the molecule is CC1(C)C(/C=C/C=C/C=C/C=C2/N(CCCCCC(=O)O)c3ccc(S(=O)(=O)O)cc3C2(C)C)=Nc2ccc(S(=O)(=O)O)cc21. The molecule has 0 fully saturated rings. The van der Waals surface area contributed by atoms with Crippen LogP contribution in [0.2, 0.25) is 0 Å². The van der Waals surface area contributed by atoms with Crippen LogP contribution in [0.3, 0.4) is 0 Å². The van der Waals surface area contributed by atoms with E-state index in [0.29, 0.717) is 24.2 Å². The minimum atomic E-state index is -4.37. The highest BCUT2D eigenvalue weighted by molar-refractivity contribution is 7.86. The van der Waals surface area contributed by atoms with Gasteiger partial charge in [-0.15, -0.1) is 0 Å². The lowest BCUT2D eigenvalue weighted by Crippen LogP contribution is -2.27. The van der Waals surface area contributed by atoms with Crippen molar-refractivity contribution in [1.29, 1.82) is 0 Å². The smallest absolute Gasteiger partial charge is 0.303 e. The van der Waals surface area contributed by atoms with Gasteiger partial charge in [0.15, 0.2) is 0 Å². The number of nitrogens with zero attached hydrogens (tertiary/aromatic N) is 2. The van der Waals surface area contributed by atoms with Crippen molar-refractivity contribution < 1.29 is 35.8 Å². The molecule has 2 aliphatic rings. The molecule has 45 heavy (non-hydrogen) atoms. The molecule has 0 unspecified atom stereocenters. The summed E-state index contributed by atoms with van der Waals surface area (Å²) < 4.78 is 65.9. The highest BCUT2D eigenvalue weighted by atomic mass is 32.2. The molecule has 2 aliphatic heterocycles. The number of carboxylic acids is 1. The van der Waals surface area contributed by atoms with Crippen molar-refractivity contribution in [3.05, 3.63) is 95.8 Å². The molecule has 0 aromatic heterocycles. The van der Waals surface area contributed by atoms with Crippen molar-refractivity contribution in [3.63, 3.8) is 0 Å². The number of anilines is 1. The highest BCUT2D eigenvalue weighted by Crippen LogP contribution is 2.48. The Kier molecular flexibility index (Phi) is 9.74. The number of fused-ring (bicyclic) bond motifs is 2. The van der Waals surface area contributed by atoms with Crippen LogP contribution in [0.4, 0.5) is 11.4 Å². The second kappa shape index (κ2) is 12.9. The van der Waals surface area contributed by atoms with Crippen LogP contribution >= 0.6 is 0 Å². The monoisotopic (exact) mass is 654 g/mol. The van der Waals surface area contributed by atoms with Crippen LogP contribution in [0, 0.1) is 0 Å². The largest absolute Gasteiger partial charge is 0.481 e. The molecule has 2 aromatic rings. The van der Waals surface area contributed by atoms with E-state index in [-0.39, 0.29) is 16.2 Å². The zero-order chi connectivity index (χ0) is 33.2. The number of carboxylic acid groups (broad SMARTS) is 1. The molecular formula is C33H38N2O8S2. The summed E-state index contributed by atoms with van der Waals surface area (Å²) in [6.07, 6.45) is 15.2. The number of hydrogen-bond acceptors (Lipinski definition) is 7. The van der Waals surface area contributed by atoms with Crippen LogP contribution < -0.4 is 4.90 Å². The van der Waals surface area contributed by atoms with Crippen LogP contribution in [0.25, 0.3) is 0 Å². The van der Waals surface area contributed by atoms with Crippen LogP contribution in [0.5, 0.6) is 0 Å². The number of aliphatic carboxylic acids is 1. The summed E-state index contributed by atoms with van der Waals surface area (Å²) in [4.78, 5) is 17.3. The van der Waals surface area contributed by atoms with Crippen LogP contribution in [-0.2, 0) is 35.9 Å². The maximum absolute atomic E-state index is 11.8. The maximum atomic E-state index is 11.8. The molecule has 0 spiro atoms. The Balaban J connectivity index is 1.51. The first-order valence-corrected chi connectivity index (χ1v) is 17.4. The summed E-state index contributed by atoms with van der Waals surface area (Å²) in [5, 5.41) is 8.94. The zero-order valence-corrected chi connectivity index (χ0v) is 27.3. The van der Waals surface area contributed by atoms with Gasteiger partial charge >= 0.3 is 5.97 Å². The predicted octanol–water partition coefficient (Wildman–Crippen LogP) is 6.54. The Bertz CT molecular complexity index is 1870. The minimum Gasteiger partial charge on any atom is -0.481 e. The lowest BCUT2D eigenvalue weighted by molar-refractivity contribution is -0.137. The van der Waals surface area contributed by atoms with Gasteiger partial charge in [0, 0.05) is 35.2 Å². The molecule has 2 heterocycles. The molecule has 4 rings (SSSR count). The van der Waals surface area contributed by atoms with E-state index in [2.05, 4.69) is 9.89 Å². The standard InChI is InChI=1S/C33H38N2O8S2/c1-32(2)25-21-23(44(38,39)40)16-18-27(25)34-29(32)13-9-6-5-7-10-14-30-33(3,4)26-22-24(45(41,42)43)17-19-28(26)35(30)20-12-8-11-15-31(36)37/h5-7,9-10,13-14,16-19,21-22H,8,11-12,15,20H2,1-4H3,(H,36,37)(H,38,39,40)(H,41,42,43)/b6-5+,10-7+,13-9+,30-14+. The lowest BCUT2D eigenvalue weighted by atomic mass is 9.81. The molecule has 10 nitrogen and oxygen atoms in total. The molecule has 12 heteroatoms. The van der Waals surface area contributed by atoms with Crippen LogP contribution in [-0.4, -0.2) is 49.3 Å². The first-order valence-electron chi connectivity index (χ1n) is 14.5. The summed E-state index contributed by atoms with van der Waals surface area (Å²) in [5.41, 5.74) is 3.53. The fourth-order valence-electron chi connectivity index (χ4n) is 5.69. The van der Waals surface area contributed by atoms with Gasteiger partial charge in [-0.3, -0.25) is 18.9 Å². The summed E-state index contributed by atoms with van der Waals surface area (Å²) >= 11 is 0. The summed E-state index contributed by atoms with van der Waals surface area (Å²) in [6, 6.07) is 8.95. The molecule has 0 amide bonds. The number of hydrogen-bond donors (Lipinski definition) is 3. The van der Waals surface area contributed by atoms with E-state index in [0.717, 1.165) is 35.5 Å². The summed E-state index contributed by atoms with van der Waals surface area (Å²) in [6.45, 7) is 8.46. The molecule has 0 saturated heterocycles. The highest BCUT2D eigenvalue weighted by Gasteiger charge is 2.40. The van der Waals surface area contributed by atoms with Gasteiger partial charge in [0.1, 0.15) is 0 Å². The van der Waals surface area contributed by atoms with E-state index in [4.69, 9.17) is 5.11 Å². The van der Waals surface area contributed by atoms with Crippen molar-refractivity contribution in [2.24, 2.45) is 4.99 Å². The Morgan fingerprint density at radius 3 is 2.04 bits per heavy atom. The van der Waals surface area contributed by atoms with Gasteiger partial charge in [-0.05, 0) is 72.5 Å². The number of rotatable bonds is 12. The van der Waals surface area contributed by atoms with Crippen LogP contribution in [0.1, 0.15) is 64.5 Å². The van der Waals surface area contributed by atoms with Gasteiger partial charge in [-0.25, -0.2) is 0 Å². The van der Waals surface area contributed by atoms with Crippen molar-refractivity contribution in [2.75, 3.05) is 11.4 Å².